The number of hydrogen-bond acceptors (Lipinski definition) is 6. The molecule has 2 aliphatic rings. The third kappa shape index (κ3) is 3.32. The van der Waals surface area contributed by atoms with Crippen molar-refractivity contribution in [1.29, 1.82) is 0 Å². The predicted molar refractivity (Wildman–Crippen MR) is 90.8 cm³/mol. The highest BCUT2D eigenvalue weighted by Gasteiger charge is 2.40. The fraction of sp³-hybridized carbons (Fsp3) is 0.444. The lowest BCUT2D eigenvalue weighted by molar-refractivity contribution is -0.173. The predicted octanol–water partition coefficient (Wildman–Crippen LogP) is 0.634. The summed E-state index contributed by atoms with van der Waals surface area (Å²) in [4.78, 5) is 54.5. The third-order valence-corrected chi connectivity index (χ3v) is 4.53. The number of amides is 3. The van der Waals surface area contributed by atoms with Crippen molar-refractivity contribution < 1.29 is 24.0 Å². The first-order chi connectivity index (χ1) is 12.4. The molecule has 0 spiro atoms. The summed E-state index contributed by atoms with van der Waals surface area (Å²) < 4.78 is 0. The summed E-state index contributed by atoms with van der Waals surface area (Å²) in [6.07, 6.45) is 1.59. The number of hydrogen-bond donors (Lipinski definition) is 2. The molecule has 26 heavy (non-hydrogen) atoms. The summed E-state index contributed by atoms with van der Waals surface area (Å²) in [6, 6.07) is 4.94. The molecule has 3 rings (SSSR count). The van der Waals surface area contributed by atoms with Crippen molar-refractivity contribution in [3.63, 3.8) is 0 Å². The van der Waals surface area contributed by atoms with Gasteiger partial charge in [0.25, 0.3) is 11.8 Å². The maximum Gasteiger partial charge on any atom is 0.355 e. The molecule has 2 aliphatic heterocycles. The molecule has 0 saturated carbocycles. The van der Waals surface area contributed by atoms with Gasteiger partial charge < -0.3 is 15.5 Å². The zero-order valence-corrected chi connectivity index (χ0v) is 14.7. The zero-order valence-electron chi connectivity index (χ0n) is 14.7. The van der Waals surface area contributed by atoms with Crippen LogP contribution in [0.15, 0.2) is 24.3 Å². The van der Waals surface area contributed by atoms with Gasteiger partial charge in [0.2, 0.25) is 5.91 Å². The van der Waals surface area contributed by atoms with E-state index in [-0.39, 0.29) is 29.0 Å². The normalized spacial score (nSPS) is 20.3. The topological polar surface area (TPSA) is 105 Å². The average Bonchev–Trinajstić information content (AvgIpc) is 3.23. The van der Waals surface area contributed by atoms with E-state index < -0.39 is 23.8 Å². The standard InChI is InChI=1S/C18H21N3O5/c1-10(2)14(20-15(22)13-8-5-9-19-13)18(25)26-21-16(23)11-6-3-4-7-12(11)17(21)24/h3-4,6-7,10,13-14,19H,5,8-9H2,1-2H3,(H,20,22)/t13-,14-/m0/s1. The van der Waals surface area contributed by atoms with E-state index in [9.17, 15) is 19.2 Å². The molecular formula is C18H21N3O5. The molecule has 2 heterocycles. The second-order valence-corrected chi connectivity index (χ2v) is 6.74. The molecule has 8 heteroatoms. The van der Waals surface area contributed by atoms with Crippen molar-refractivity contribution in [2.75, 3.05) is 6.54 Å². The Balaban J connectivity index is 1.70. The Morgan fingerprint density at radius 1 is 1.19 bits per heavy atom. The minimum absolute atomic E-state index is 0.186. The van der Waals surface area contributed by atoms with Gasteiger partial charge in [0, 0.05) is 0 Å². The lowest BCUT2D eigenvalue weighted by Crippen LogP contribution is -2.52. The van der Waals surface area contributed by atoms with Crippen molar-refractivity contribution in [3.05, 3.63) is 35.4 Å². The average molecular weight is 359 g/mol. The smallest absolute Gasteiger partial charge is 0.341 e. The molecule has 0 bridgehead atoms. The highest BCUT2D eigenvalue weighted by molar-refractivity contribution is 6.20. The van der Waals surface area contributed by atoms with Gasteiger partial charge in [-0.1, -0.05) is 31.0 Å². The zero-order chi connectivity index (χ0) is 18.8. The van der Waals surface area contributed by atoms with Gasteiger partial charge >= 0.3 is 5.97 Å². The second-order valence-electron chi connectivity index (χ2n) is 6.74. The van der Waals surface area contributed by atoms with Gasteiger partial charge in [-0.15, -0.1) is 0 Å². The Labute approximate surface area is 150 Å². The van der Waals surface area contributed by atoms with Crippen LogP contribution in [0, 0.1) is 5.92 Å². The van der Waals surface area contributed by atoms with Crippen LogP contribution in [0.5, 0.6) is 0 Å². The minimum Gasteiger partial charge on any atom is -0.341 e. The fourth-order valence-corrected chi connectivity index (χ4v) is 3.06. The van der Waals surface area contributed by atoms with Crippen molar-refractivity contribution in [3.8, 4) is 0 Å². The molecule has 2 atom stereocenters. The molecule has 8 nitrogen and oxygen atoms in total. The van der Waals surface area contributed by atoms with Gasteiger partial charge in [-0.25, -0.2) is 4.79 Å². The minimum atomic E-state index is -0.964. The number of imide groups is 1. The highest BCUT2D eigenvalue weighted by atomic mass is 16.7. The second kappa shape index (κ2) is 7.25. The molecule has 2 N–H and O–H groups in total. The van der Waals surface area contributed by atoms with Crippen molar-refractivity contribution >= 4 is 23.7 Å². The van der Waals surface area contributed by atoms with Crippen molar-refractivity contribution in [2.24, 2.45) is 5.92 Å². The summed E-state index contributed by atoms with van der Waals surface area (Å²) in [5, 5.41) is 6.17. The van der Waals surface area contributed by atoms with Gasteiger partial charge in [-0.2, -0.15) is 0 Å². The first-order valence-electron chi connectivity index (χ1n) is 8.63. The Bertz CT molecular complexity index is 720. The number of carbonyl (C=O) groups excluding carboxylic acids is 4. The first kappa shape index (κ1) is 18.1. The van der Waals surface area contributed by atoms with E-state index in [0.717, 1.165) is 13.0 Å². The third-order valence-electron chi connectivity index (χ3n) is 4.53. The number of carbonyl (C=O) groups is 4. The summed E-state index contributed by atoms with van der Waals surface area (Å²) in [5.41, 5.74) is 0.371. The molecule has 1 aromatic carbocycles. The van der Waals surface area contributed by atoms with Crippen LogP contribution < -0.4 is 10.6 Å². The van der Waals surface area contributed by atoms with Crippen LogP contribution in [0.25, 0.3) is 0 Å². The Hall–Kier alpha value is -2.74. The van der Waals surface area contributed by atoms with Gasteiger partial charge in [-0.3, -0.25) is 14.4 Å². The monoisotopic (exact) mass is 359 g/mol. The maximum absolute atomic E-state index is 12.5. The quantitative estimate of drug-likeness (QED) is 0.748. The van der Waals surface area contributed by atoms with Crippen molar-refractivity contribution in [2.45, 2.75) is 38.8 Å². The summed E-state index contributed by atoms with van der Waals surface area (Å²) >= 11 is 0. The lowest BCUT2D eigenvalue weighted by atomic mass is 10.0. The van der Waals surface area contributed by atoms with E-state index in [1.54, 1.807) is 26.0 Å². The Kier molecular flexibility index (Phi) is 5.03. The molecule has 3 amide bonds. The van der Waals surface area contributed by atoms with Crippen LogP contribution in [0.3, 0.4) is 0 Å². The van der Waals surface area contributed by atoms with Crippen molar-refractivity contribution in [1.82, 2.24) is 15.7 Å². The molecule has 1 saturated heterocycles. The SMILES string of the molecule is CC(C)[C@H](NC(=O)[C@@H]1CCCN1)C(=O)ON1C(=O)c2ccccc2C1=O. The molecule has 0 unspecified atom stereocenters. The van der Waals surface area contributed by atoms with Crippen LogP contribution in [-0.2, 0) is 14.4 Å². The van der Waals surface area contributed by atoms with Crippen LogP contribution in [0.4, 0.5) is 0 Å². The fourth-order valence-electron chi connectivity index (χ4n) is 3.06. The van der Waals surface area contributed by atoms with E-state index in [1.807, 2.05) is 0 Å². The number of benzene rings is 1. The van der Waals surface area contributed by atoms with Crippen LogP contribution in [0.1, 0.15) is 47.4 Å². The van der Waals surface area contributed by atoms with Gasteiger partial charge in [0.15, 0.2) is 0 Å². The number of fused-ring (bicyclic) bond motifs is 1. The van der Waals surface area contributed by atoms with Crippen LogP contribution in [-0.4, -0.2) is 47.4 Å². The Morgan fingerprint density at radius 2 is 1.81 bits per heavy atom. The molecule has 1 aromatic rings. The molecule has 138 valence electrons. The highest BCUT2D eigenvalue weighted by Crippen LogP contribution is 2.23. The maximum atomic E-state index is 12.5. The van der Waals surface area contributed by atoms with Gasteiger partial charge in [-0.05, 0) is 37.4 Å². The molecular weight excluding hydrogens is 338 g/mol. The molecule has 0 aliphatic carbocycles. The van der Waals surface area contributed by atoms with Gasteiger partial charge in [0.1, 0.15) is 6.04 Å². The summed E-state index contributed by atoms with van der Waals surface area (Å²) in [7, 11) is 0. The summed E-state index contributed by atoms with van der Waals surface area (Å²) in [5.74, 6) is -2.79. The first-order valence-corrected chi connectivity index (χ1v) is 8.63. The molecule has 1 fully saturated rings. The van der Waals surface area contributed by atoms with E-state index in [0.29, 0.717) is 11.5 Å². The molecule has 0 aromatic heterocycles. The van der Waals surface area contributed by atoms with E-state index in [4.69, 9.17) is 4.84 Å². The van der Waals surface area contributed by atoms with Crippen LogP contribution >= 0.6 is 0 Å². The van der Waals surface area contributed by atoms with E-state index >= 15 is 0 Å². The number of nitrogens with one attached hydrogen (secondary N) is 2. The summed E-state index contributed by atoms with van der Waals surface area (Å²) in [6.45, 7) is 4.25. The molecule has 0 radical (unpaired) electrons. The van der Waals surface area contributed by atoms with Gasteiger partial charge in [0.05, 0.1) is 17.2 Å². The largest absolute Gasteiger partial charge is 0.355 e. The van der Waals surface area contributed by atoms with E-state index in [2.05, 4.69) is 10.6 Å². The van der Waals surface area contributed by atoms with E-state index in [1.165, 1.54) is 12.1 Å². The number of nitrogens with zero attached hydrogens (tertiary/aromatic N) is 1. The lowest BCUT2D eigenvalue weighted by Gasteiger charge is -2.24. The van der Waals surface area contributed by atoms with Crippen LogP contribution in [0.2, 0.25) is 0 Å². The number of hydroxylamine groups is 2. The number of rotatable bonds is 5. The Morgan fingerprint density at radius 3 is 2.31 bits per heavy atom.